The van der Waals surface area contributed by atoms with Crippen LogP contribution >= 0.6 is 0 Å². The van der Waals surface area contributed by atoms with Gasteiger partial charge in [-0.2, -0.15) is 0 Å². The van der Waals surface area contributed by atoms with Crippen molar-refractivity contribution in [3.63, 3.8) is 0 Å². The van der Waals surface area contributed by atoms with Crippen LogP contribution in [0.2, 0.25) is 0 Å². The highest BCUT2D eigenvalue weighted by Crippen LogP contribution is 2.21. The van der Waals surface area contributed by atoms with Crippen LogP contribution in [-0.4, -0.2) is 17.8 Å². The van der Waals surface area contributed by atoms with E-state index in [1.807, 2.05) is 30.3 Å². The SMILES string of the molecule is C=CCc1ccc(COC(=O)Cc2cccc3c2C(=O)NC3=O)cc1. The maximum Gasteiger partial charge on any atom is 0.310 e. The lowest BCUT2D eigenvalue weighted by molar-refractivity contribution is -0.144. The lowest BCUT2D eigenvalue weighted by atomic mass is 10.0. The van der Waals surface area contributed by atoms with Crippen LogP contribution in [0.4, 0.5) is 0 Å². The number of amides is 2. The molecule has 0 atom stereocenters. The first-order valence-corrected chi connectivity index (χ1v) is 7.90. The molecule has 0 aromatic heterocycles. The monoisotopic (exact) mass is 335 g/mol. The van der Waals surface area contributed by atoms with E-state index < -0.39 is 17.8 Å². The number of hydrogen-bond acceptors (Lipinski definition) is 4. The van der Waals surface area contributed by atoms with Crippen LogP contribution in [0.25, 0.3) is 0 Å². The van der Waals surface area contributed by atoms with Crippen LogP contribution in [0.1, 0.15) is 37.4 Å². The standard InChI is InChI=1S/C20H17NO4/c1-2-4-13-7-9-14(10-8-13)12-25-17(22)11-15-5-3-6-16-18(15)20(24)21-19(16)23/h2-3,5-10H,1,4,11-12H2,(H,21,23,24). The van der Waals surface area contributed by atoms with Crippen molar-refractivity contribution >= 4 is 17.8 Å². The van der Waals surface area contributed by atoms with Gasteiger partial charge in [0.1, 0.15) is 6.61 Å². The summed E-state index contributed by atoms with van der Waals surface area (Å²) in [5.41, 5.74) is 3.08. The van der Waals surface area contributed by atoms with Gasteiger partial charge in [0, 0.05) is 0 Å². The molecular weight excluding hydrogens is 318 g/mol. The smallest absolute Gasteiger partial charge is 0.310 e. The average molecular weight is 335 g/mol. The number of rotatable bonds is 6. The van der Waals surface area contributed by atoms with Crippen molar-refractivity contribution in [2.24, 2.45) is 0 Å². The van der Waals surface area contributed by atoms with E-state index in [0.717, 1.165) is 17.5 Å². The molecule has 1 heterocycles. The van der Waals surface area contributed by atoms with E-state index in [-0.39, 0.29) is 18.6 Å². The van der Waals surface area contributed by atoms with Gasteiger partial charge in [-0.3, -0.25) is 19.7 Å². The van der Waals surface area contributed by atoms with E-state index >= 15 is 0 Å². The molecule has 25 heavy (non-hydrogen) atoms. The Kier molecular flexibility index (Phi) is 4.75. The van der Waals surface area contributed by atoms with Crippen LogP contribution in [0, 0.1) is 0 Å². The Balaban J connectivity index is 1.63. The molecule has 0 saturated carbocycles. The Morgan fingerprint density at radius 2 is 1.76 bits per heavy atom. The molecule has 0 unspecified atom stereocenters. The van der Waals surface area contributed by atoms with Crippen molar-refractivity contribution in [2.75, 3.05) is 0 Å². The molecule has 0 radical (unpaired) electrons. The van der Waals surface area contributed by atoms with Crippen molar-refractivity contribution in [3.05, 3.63) is 82.9 Å². The second-order valence-electron chi connectivity index (χ2n) is 5.77. The van der Waals surface area contributed by atoms with Gasteiger partial charge in [0.15, 0.2) is 0 Å². The van der Waals surface area contributed by atoms with Gasteiger partial charge in [-0.15, -0.1) is 6.58 Å². The number of allylic oxidation sites excluding steroid dienone is 1. The molecule has 2 aromatic carbocycles. The van der Waals surface area contributed by atoms with Crippen LogP contribution < -0.4 is 5.32 Å². The summed E-state index contributed by atoms with van der Waals surface area (Å²) in [6.07, 6.45) is 2.56. The molecule has 0 bridgehead atoms. The minimum absolute atomic E-state index is 0.0571. The second-order valence-corrected chi connectivity index (χ2v) is 5.77. The number of benzene rings is 2. The number of carbonyl (C=O) groups excluding carboxylic acids is 3. The van der Waals surface area contributed by atoms with E-state index in [0.29, 0.717) is 11.1 Å². The van der Waals surface area contributed by atoms with Gasteiger partial charge in [-0.1, -0.05) is 42.5 Å². The fourth-order valence-electron chi connectivity index (χ4n) is 2.75. The first-order valence-electron chi connectivity index (χ1n) is 7.90. The lowest BCUT2D eigenvalue weighted by Crippen LogP contribution is -2.20. The second kappa shape index (κ2) is 7.13. The normalized spacial score (nSPS) is 12.5. The Labute approximate surface area is 145 Å². The van der Waals surface area contributed by atoms with Crippen molar-refractivity contribution < 1.29 is 19.1 Å². The minimum Gasteiger partial charge on any atom is -0.461 e. The maximum atomic E-state index is 12.1. The third-order valence-electron chi connectivity index (χ3n) is 3.99. The van der Waals surface area contributed by atoms with Crippen molar-refractivity contribution in [3.8, 4) is 0 Å². The third-order valence-corrected chi connectivity index (χ3v) is 3.99. The van der Waals surface area contributed by atoms with Gasteiger partial charge >= 0.3 is 5.97 Å². The molecule has 0 fully saturated rings. The molecule has 126 valence electrons. The molecule has 2 amide bonds. The molecule has 0 spiro atoms. The zero-order chi connectivity index (χ0) is 17.8. The van der Waals surface area contributed by atoms with Crippen molar-refractivity contribution in [1.82, 2.24) is 5.32 Å². The zero-order valence-corrected chi connectivity index (χ0v) is 13.6. The van der Waals surface area contributed by atoms with E-state index in [1.165, 1.54) is 0 Å². The summed E-state index contributed by atoms with van der Waals surface area (Å²) in [4.78, 5) is 35.6. The maximum absolute atomic E-state index is 12.1. The molecule has 0 saturated heterocycles. The highest BCUT2D eigenvalue weighted by molar-refractivity contribution is 6.22. The molecule has 1 N–H and O–H groups in total. The largest absolute Gasteiger partial charge is 0.461 e. The number of esters is 1. The summed E-state index contributed by atoms with van der Waals surface area (Å²) in [5, 5.41) is 2.23. The van der Waals surface area contributed by atoms with Crippen LogP contribution in [0.5, 0.6) is 0 Å². The van der Waals surface area contributed by atoms with Gasteiger partial charge in [0.05, 0.1) is 17.5 Å². The number of fused-ring (bicyclic) bond motifs is 1. The molecule has 5 nitrogen and oxygen atoms in total. The fourth-order valence-corrected chi connectivity index (χ4v) is 2.75. The summed E-state index contributed by atoms with van der Waals surface area (Å²) in [5.74, 6) is -1.35. The van der Waals surface area contributed by atoms with Crippen LogP contribution in [-0.2, 0) is 29.0 Å². The summed E-state index contributed by atoms with van der Waals surface area (Å²) < 4.78 is 5.28. The molecule has 2 aromatic rings. The topological polar surface area (TPSA) is 72.5 Å². The van der Waals surface area contributed by atoms with Gasteiger partial charge in [-0.25, -0.2) is 0 Å². The van der Waals surface area contributed by atoms with Gasteiger partial charge in [0.2, 0.25) is 0 Å². The highest BCUT2D eigenvalue weighted by Gasteiger charge is 2.29. The van der Waals surface area contributed by atoms with Crippen molar-refractivity contribution in [1.29, 1.82) is 0 Å². The number of hydrogen-bond donors (Lipinski definition) is 1. The van der Waals surface area contributed by atoms with E-state index in [9.17, 15) is 14.4 Å². The van der Waals surface area contributed by atoms with E-state index in [1.54, 1.807) is 18.2 Å². The summed E-state index contributed by atoms with van der Waals surface area (Å²) in [7, 11) is 0. The van der Waals surface area contributed by atoms with E-state index in [4.69, 9.17) is 4.74 Å². The molecule has 5 heteroatoms. The van der Waals surface area contributed by atoms with Crippen LogP contribution in [0.15, 0.2) is 55.1 Å². The summed E-state index contributed by atoms with van der Waals surface area (Å²) >= 11 is 0. The molecule has 1 aliphatic heterocycles. The first-order chi connectivity index (χ1) is 12.1. The Bertz CT molecular complexity index is 852. The van der Waals surface area contributed by atoms with Gasteiger partial charge in [-0.05, 0) is 29.2 Å². The number of nitrogens with one attached hydrogen (secondary N) is 1. The van der Waals surface area contributed by atoms with Crippen LogP contribution in [0.3, 0.4) is 0 Å². The third kappa shape index (κ3) is 3.66. The molecular formula is C20H17NO4. The molecule has 0 aliphatic carbocycles. The predicted molar refractivity (Wildman–Crippen MR) is 92.1 cm³/mol. The Hall–Kier alpha value is -3.21. The Morgan fingerprint density at radius 1 is 1.04 bits per heavy atom. The number of imide groups is 1. The Morgan fingerprint density at radius 3 is 2.48 bits per heavy atom. The van der Waals surface area contributed by atoms with Gasteiger partial charge in [0.25, 0.3) is 11.8 Å². The quantitative estimate of drug-likeness (QED) is 0.500. The van der Waals surface area contributed by atoms with Gasteiger partial charge < -0.3 is 4.74 Å². The average Bonchev–Trinajstić information content (AvgIpc) is 2.90. The van der Waals surface area contributed by atoms with E-state index in [2.05, 4.69) is 11.9 Å². The summed E-state index contributed by atoms with van der Waals surface area (Å²) in [6, 6.07) is 12.6. The fraction of sp³-hybridized carbons (Fsp3) is 0.150. The van der Waals surface area contributed by atoms with Crippen molar-refractivity contribution in [2.45, 2.75) is 19.4 Å². The number of ether oxygens (including phenoxy) is 1. The summed E-state index contributed by atoms with van der Waals surface area (Å²) in [6.45, 7) is 3.85. The lowest BCUT2D eigenvalue weighted by Gasteiger charge is -2.08. The number of carbonyl (C=O) groups is 3. The molecule has 1 aliphatic rings. The first kappa shape index (κ1) is 16.6. The molecule has 3 rings (SSSR count). The highest BCUT2D eigenvalue weighted by atomic mass is 16.5. The zero-order valence-electron chi connectivity index (χ0n) is 13.6. The predicted octanol–water partition coefficient (Wildman–Crippen LogP) is 2.58. The minimum atomic E-state index is -0.471.